The highest BCUT2D eigenvalue weighted by Gasteiger charge is 2.10. The van der Waals surface area contributed by atoms with E-state index in [0.29, 0.717) is 16.6 Å². The predicted octanol–water partition coefficient (Wildman–Crippen LogP) is 5.77. The first-order valence-corrected chi connectivity index (χ1v) is 8.55. The second kappa shape index (κ2) is 6.95. The first kappa shape index (κ1) is 16.4. The number of anilines is 1. The highest BCUT2D eigenvalue weighted by Crippen LogP contribution is 2.29. The van der Waals surface area contributed by atoms with E-state index in [4.69, 9.17) is 23.2 Å². The molecule has 1 aromatic heterocycles. The van der Waals surface area contributed by atoms with Gasteiger partial charge in [0.25, 0.3) is 0 Å². The molecule has 1 N–H and O–H groups in total. The molecule has 0 radical (unpaired) electrons. The van der Waals surface area contributed by atoms with Gasteiger partial charge in [0.15, 0.2) is 0 Å². The maximum atomic E-state index is 6.10. The summed E-state index contributed by atoms with van der Waals surface area (Å²) in [6, 6.07) is 13.7. The third-order valence-corrected chi connectivity index (χ3v) is 4.78. The van der Waals surface area contributed by atoms with E-state index in [2.05, 4.69) is 38.4 Å². The fraction of sp³-hybridized carbons (Fsp3) is 0.118. The molecule has 0 unspecified atom stereocenters. The number of aromatic nitrogens is 2. The molecule has 0 fully saturated rings. The van der Waals surface area contributed by atoms with Crippen molar-refractivity contribution in [2.75, 3.05) is 5.32 Å². The first-order valence-electron chi connectivity index (χ1n) is 7.00. The minimum absolute atomic E-state index is 0.536. The molecule has 3 nitrogen and oxygen atoms in total. The van der Waals surface area contributed by atoms with Crippen LogP contribution in [0.25, 0.3) is 11.3 Å². The molecule has 0 amide bonds. The molecule has 0 aliphatic rings. The van der Waals surface area contributed by atoms with Gasteiger partial charge in [0.2, 0.25) is 5.95 Å². The van der Waals surface area contributed by atoms with Crippen LogP contribution < -0.4 is 5.32 Å². The van der Waals surface area contributed by atoms with Crippen LogP contribution in [0.3, 0.4) is 0 Å². The third-order valence-electron chi connectivity index (χ3n) is 3.54. The molecule has 0 saturated heterocycles. The van der Waals surface area contributed by atoms with Gasteiger partial charge in [-0.05, 0) is 29.8 Å². The Labute approximate surface area is 153 Å². The summed E-state index contributed by atoms with van der Waals surface area (Å²) >= 11 is 15.5. The number of hydrogen-bond acceptors (Lipinski definition) is 2. The zero-order chi connectivity index (χ0) is 16.4. The van der Waals surface area contributed by atoms with E-state index in [1.54, 1.807) is 6.07 Å². The summed E-state index contributed by atoms with van der Waals surface area (Å²) in [4.78, 5) is 4.45. The van der Waals surface area contributed by atoms with Crippen molar-refractivity contribution in [1.29, 1.82) is 0 Å². The average molecular weight is 411 g/mol. The lowest BCUT2D eigenvalue weighted by Gasteiger charge is -2.09. The molecule has 0 spiro atoms. The Morgan fingerprint density at radius 3 is 2.70 bits per heavy atom. The van der Waals surface area contributed by atoms with Gasteiger partial charge < -0.3 is 9.88 Å². The quantitative estimate of drug-likeness (QED) is 0.591. The lowest BCUT2D eigenvalue weighted by atomic mass is 10.2. The van der Waals surface area contributed by atoms with Gasteiger partial charge in [0, 0.05) is 23.6 Å². The van der Waals surface area contributed by atoms with Crippen molar-refractivity contribution >= 4 is 45.1 Å². The minimum Gasteiger partial charge on any atom is -0.352 e. The van der Waals surface area contributed by atoms with Gasteiger partial charge in [-0.1, -0.05) is 57.3 Å². The smallest absolute Gasteiger partial charge is 0.203 e. The highest BCUT2D eigenvalue weighted by molar-refractivity contribution is 9.10. The number of nitrogens with zero attached hydrogens (tertiary/aromatic N) is 2. The lowest BCUT2D eigenvalue weighted by Crippen LogP contribution is -2.05. The van der Waals surface area contributed by atoms with E-state index in [-0.39, 0.29) is 0 Å². The van der Waals surface area contributed by atoms with Crippen molar-refractivity contribution in [3.8, 4) is 11.3 Å². The molecular weight excluding hydrogens is 397 g/mol. The topological polar surface area (TPSA) is 29.9 Å². The maximum Gasteiger partial charge on any atom is 0.203 e. The van der Waals surface area contributed by atoms with Crippen LogP contribution in [-0.2, 0) is 13.6 Å². The standard InChI is InChI=1S/C17H14BrCl2N3/c1-23-16(12-5-6-14(19)15(20)8-12)10-22-17(23)21-9-11-3-2-4-13(18)7-11/h2-8,10H,9H2,1H3,(H,21,22). The molecule has 0 aliphatic heterocycles. The zero-order valence-electron chi connectivity index (χ0n) is 12.4. The Kier molecular flexibility index (Phi) is 4.95. The van der Waals surface area contributed by atoms with Gasteiger partial charge in [-0.3, -0.25) is 0 Å². The predicted molar refractivity (Wildman–Crippen MR) is 100 cm³/mol. The summed E-state index contributed by atoms with van der Waals surface area (Å²) < 4.78 is 3.06. The number of nitrogens with one attached hydrogen (secondary N) is 1. The van der Waals surface area contributed by atoms with Crippen molar-refractivity contribution < 1.29 is 0 Å². The van der Waals surface area contributed by atoms with Crippen LogP contribution >= 0.6 is 39.1 Å². The Morgan fingerprint density at radius 2 is 1.96 bits per heavy atom. The van der Waals surface area contributed by atoms with Crippen LogP contribution in [0.2, 0.25) is 10.0 Å². The molecule has 2 aromatic carbocycles. The molecule has 3 rings (SSSR count). The first-order chi connectivity index (χ1) is 11.0. The van der Waals surface area contributed by atoms with Gasteiger partial charge in [0.1, 0.15) is 0 Å². The fourth-order valence-corrected chi connectivity index (χ4v) is 3.07. The van der Waals surface area contributed by atoms with Crippen LogP contribution in [0.15, 0.2) is 53.1 Å². The Bertz CT molecular complexity index is 846. The lowest BCUT2D eigenvalue weighted by molar-refractivity contribution is 0.906. The molecule has 118 valence electrons. The SMILES string of the molecule is Cn1c(-c2ccc(Cl)c(Cl)c2)cnc1NCc1cccc(Br)c1. The van der Waals surface area contributed by atoms with Crippen molar-refractivity contribution in [1.82, 2.24) is 9.55 Å². The minimum atomic E-state index is 0.536. The van der Waals surface area contributed by atoms with E-state index in [0.717, 1.165) is 21.7 Å². The van der Waals surface area contributed by atoms with Crippen LogP contribution in [-0.4, -0.2) is 9.55 Å². The number of halogens is 3. The molecule has 0 atom stereocenters. The van der Waals surface area contributed by atoms with E-state index < -0.39 is 0 Å². The number of imidazole rings is 1. The van der Waals surface area contributed by atoms with Crippen LogP contribution in [0, 0.1) is 0 Å². The molecule has 0 aliphatic carbocycles. The summed E-state index contributed by atoms with van der Waals surface area (Å²) in [5, 5.41) is 4.43. The fourth-order valence-electron chi connectivity index (χ4n) is 2.33. The highest BCUT2D eigenvalue weighted by atomic mass is 79.9. The van der Waals surface area contributed by atoms with Gasteiger partial charge in [-0.25, -0.2) is 4.98 Å². The Morgan fingerprint density at radius 1 is 1.13 bits per heavy atom. The van der Waals surface area contributed by atoms with Crippen LogP contribution in [0.5, 0.6) is 0 Å². The van der Waals surface area contributed by atoms with Crippen molar-refractivity contribution in [2.24, 2.45) is 7.05 Å². The van der Waals surface area contributed by atoms with E-state index >= 15 is 0 Å². The van der Waals surface area contributed by atoms with Gasteiger partial charge in [-0.2, -0.15) is 0 Å². The summed E-state index contributed by atoms with van der Waals surface area (Å²) in [5.41, 5.74) is 3.13. The summed E-state index contributed by atoms with van der Waals surface area (Å²) in [7, 11) is 1.97. The summed E-state index contributed by atoms with van der Waals surface area (Å²) in [6.07, 6.45) is 1.82. The average Bonchev–Trinajstić information content (AvgIpc) is 2.89. The van der Waals surface area contributed by atoms with Crippen LogP contribution in [0.4, 0.5) is 5.95 Å². The van der Waals surface area contributed by atoms with Crippen molar-refractivity contribution in [3.63, 3.8) is 0 Å². The van der Waals surface area contributed by atoms with Gasteiger partial charge >= 0.3 is 0 Å². The summed E-state index contributed by atoms with van der Waals surface area (Å²) in [6.45, 7) is 0.700. The van der Waals surface area contributed by atoms with Gasteiger partial charge in [-0.15, -0.1) is 0 Å². The summed E-state index contributed by atoms with van der Waals surface area (Å²) in [5.74, 6) is 0.797. The number of benzene rings is 2. The second-order valence-corrected chi connectivity index (χ2v) is 6.87. The molecule has 3 aromatic rings. The second-order valence-electron chi connectivity index (χ2n) is 5.14. The molecule has 1 heterocycles. The van der Waals surface area contributed by atoms with Crippen molar-refractivity contribution in [2.45, 2.75) is 6.54 Å². The Hall–Kier alpha value is -1.49. The third kappa shape index (κ3) is 3.71. The molecular formula is C17H14BrCl2N3. The molecule has 0 bridgehead atoms. The zero-order valence-corrected chi connectivity index (χ0v) is 15.5. The van der Waals surface area contributed by atoms with Crippen molar-refractivity contribution in [3.05, 3.63) is 68.7 Å². The molecule has 6 heteroatoms. The van der Waals surface area contributed by atoms with E-state index in [1.807, 2.05) is 42.1 Å². The molecule has 0 saturated carbocycles. The van der Waals surface area contributed by atoms with E-state index in [9.17, 15) is 0 Å². The van der Waals surface area contributed by atoms with Crippen LogP contribution in [0.1, 0.15) is 5.56 Å². The normalized spacial score (nSPS) is 10.8. The van der Waals surface area contributed by atoms with E-state index in [1.165, 1.54) is 5.56 Å². The monoisotopic (exact) mass is 409 g/mol. The molecule has 23 heavy (non-hydrogen) atoms. The van der Waals surface area contributed by atoms with Gasteiger partial charge in [0.05, 0.1) is 21.9 Å². The largest absolute Gasteiger partial charge is 0.352 e. The number of hydrogen-bond donors (Lipinski definition) is 1. The maximum absolute atomic E-state index is 6.10. The Balaban J connectivity index is 1.80. The number of rotatable bonds is 4.